The maximum atomic E-state index is 5.76. The maximum absolute atomic E-state index is 5.76. The number of benzene rings is 1. The molecule has 0 saturated heterocycles. The highest BCUT2D eigenvalue weighted by molar-refractivity contribution is 7.80. The van der Waals surface area contributed by atoms with Gasteiger partial charge in [0.25, 0.3) is 0 Å². The van der Waals surface area contributed by atoms with Gasteiger partial charge in [0.2, 0.25) is 0 Å². The van der Waals surface area contributed by atoms with Gasteiger partial charge in [0, 0.05) is 30.2 Å². The minimum absolute atomic E-state index is 0.643. The molecule has 0 aromatic heterocycles. The Morgan fingerprint density at radius 3 is 2.08 bits per heavy atom. The number of hydrogen-bond acceptors (Lipinski definition) is 2. The summed E-state index contributed by atoms with van der Waals surface area (Å²) in [6, 6.07) is 7.35. The maximum Gasteiger partial charge on any atom is 0.125 e. The molecular formula is C21H36Cl2N2S. The Morgan fingerprint density at radius 2 is 1.69 bits per heavy atom. The van der Waals surface area contributed by atoms with E-state index < -0.39 is 0 Å². The molecule has 0 spiro atoms. The van der Waals surface area contributed by atoms with Crippen LogP contribution in [-0.4, -0.2) is 23.4 Å². The average molecular weight is 420 g/mol. The van der Waals surface area contributed by atoms with Crippen molar-refractivity contribution in [3.8, 4) is 0 Å². The van der Waals surface area contributed by atoms with Crippen molar-refractivity contribution in [3.63, 3.8) is 0 Å². The second-order valence-electron chi connectivity index (χ2n) is 5.16. The Bertz CT molecular complexity index is 473. The number of thiocarbonyl (C=S) groups is 1. The van der Waals surface area contributed by atoms with E-state index in [1.165, 1.54) is 37.6 Å². The van der Waals surface area contributed by atoms with E-state index in [2.05, 4.69) is 44.0 Å². The van der Waals surface area contributed by atoms with Crippen molar-refractivity contribution in [2.24, 2.45) is 0 Å². The van der Waals surface area contributed by atoms with Crippen molar-refractivity contribution in [2.45, 2.75) is 53.4 Å². The van der Waals surface area contributed by atoms with Crippen LogP contribution in [0.3, 0.4) is 0 Å². The topological polar surface area (TPSA) is 15.3 Å². The van der Waals surface area contributed by atoms with Crippen LogP contribution in [0, 0.1) is 0 Å². The molecule has 1 aromatic carbocycles. The first-order chi connectivity index (χ1) is 12.4. The zero-order valence-electron chi connectivity index (χ0n) is 17.2. The van der Waals surface area contributed by atoms with Crippen LogP contribution in [0.2, 0.25) is 5.02 Å². The van der Waals surface area contributed by atoms with Gasteiger partial charge in [-0.2, -0.15) is 0 Å². The van der Waals surface area contributed by atoms with Crippen LogP contribution in [0.5, 0.6) is 0 Å². The predicted octanol–water partition coefficient (Wildman–Crippen LogP) is 7.62. The largest absolute Gasteiger partial charge is 0.298 e. The zero-order chi connectivity index (χ0) is 21.0. The molecule has 5 heteroatoms. The molecule has 26 heavy (non-hydrogen) atoms. The Kier molecular flexibility index (Phi) is 25.2. The van der Waals surface area contributed by atoms with Crippen LogP contribution in [0.25, 0.3) is 0 Å². The van der Waals surface area contributed by atoms with E-state index in [1.54, 1.807) is 23.3 Å². The summed E-state index contributed by atoms with van der Waals surface area (Å²) in [5.41, 5.74) is 5.22. The van der Waals surface area contributed by atoms with Gasteiger partial charge >= 0.3 is 0 Å². The fraction of sp³-hybridized carbons (Fsp3) is 0.476. The van der Waals surface area contributed by atoms with Gasteiger partial charge in [0.05, 0.1) is 0 Å². The number of unbranched alkanes of at least 4 members (excludes halogenated alkanes) is 2. The molecule has 0 aliphatic rings. The number of allylic oxidation sites excluding steroid dienone is 1. The van der Waals surface area contributed by atoms with Gasteiger partial charge in [0.1, 0.15) is 4.99 Å². The summed E-state index contributed by atoms with van der Waals surface area (Å²) in [4.78, 5) is 0.643. The average Bonchev–Trinajstić information content (AvgIpc) is 2.66. The van der Waals surface area contributed by atoms with E-state index in [1.807, 2.05) is 33.0 Å². The summed E-state index contributed by atoms with van der Waals surface area (Å²) in [6.45, 7) is 15.7. The summed E-state index contributed by atoms with van der Waals surface area (Å²) in [6.07, 6.45) is 8.32. The van der Waals surface area contributed by atoms with E-state index in [9.17, 15) is 0 Å². The van der Waals surface area contributed by atoms with Crippen LogP contribution in [0.15, 0.2) is 49.2 Å². The molecule has 0 heterocycles. The SMILES string of the molecule is C=C(C)CCCCC.C=CN(C)NC(=S)c1ccc(Cl)cc1.CC.CCl. The van der Waals surface area contributed by atoms with E-state index in [0.29, 0.717) is 10.0 Å². The minimum Gasteiger partial charge on any atom is -0.298 e. The van der Waals surface area contributed by atoms with Gasteiger partial charge in [0.15, 0.2) is 0 Å². The quantitative estimate of drug-likeness (QED) is 0.161. The first-order valence-corrected chi connectivity index (χ1v) is 10.4. The number of nitrogens with zero attached hydrogens (tertiary/aromatic N) is 1. The summed E-state index contributed by atoms with van der Waals surface area (Å²) in [5.74, 6) is 0. The van der Waals surface area contributed by atoms with Gasteiger partial charge in [-0.25, -0.2) is 0 Å². The fourth-order valence-electron chi connectivity index (χ4n) is 1.55. The third-order valence-electron chi connectivity index (χ3n) is 2.87. The number of alkyl halides is 1. The second-order valence-corrected chi connectivity index (χ2v) is 6.00. The molecule has 150 valence electrons. The molecule has 0 fully saturated rings. The molecule has 2 nitrogen and oxygen atoms in total. The van der Waals surface area contributed by atoms with Crippen molar-refractivity contribution in [2.75, 3.05) is 13.4 Å². The summed E-state index contributed by atoms with van der Waals surface area (Å²) in [5, 5.41) is 2.39. The van der Waals surface area contributed by atoms with Crippen LogP contribution < -0.4 is 5.43 Å². The highest BCUT2D eigenvalue weighted by Crippen LogP contribution is 2.09. The third kappa shape index (κ3) is 19.3. The molecule has 1 rings (SSSR count). The Balaban J connectivity index is -0.000000377. The molecule has 0 radical (unpaired) electrons. The Morgan fingerprint density at radius 1 is 1.19 bits per heavy atom. The Hall–Kier alpha value is -1.03. The summed E-state index contributed by atoms with van der Waals surface area (Å²) in [7, 11) is 1.83. The molecule has 0 unspecified atom stereocenters. The highest BCUT2D eigenvalue weighted by atomic mass is 35.5. The minimum atomic E-state index is 0.643. The normalized spacial score (nSPS) is 8.31. The van der Waals surface area contributed by atoms with Crippen molar-refractivity contribution in [1.29, 1.82) is 0 Å². The predicted molar refractivity (Wildman–Crippen MR) is 126 cm³/mol. The van der Waals surface area contributed by atoms with Crippen LogP contribution in [0.4, 0.5) is 0 Å². The van der Waals surface area contributed by atoms with Crippen molar-refractivity contribution < 1.29 is 0 Å². The molecule has 1 aromatic rings. The standard InChI is InChI=1S/C10H11ClN2S.C8H16.C2H6.CH3Cl/c1-3-13(2)12-10(14)8-4-6-9(11)7-5-8;1-4-5-6-7-8(2)3;2*1-2/h3-7H,1H2,2H3,(H,12,14);2,4-7H2,1,3H3;1-2H3;1H3. The first-order valence-electron chi connectivity index (χ1n) is 8.84. The summed E-state index contributed by atoms with van der Waals surface area (Å²) >= 11 is 15.6. The molecular weight excluding hydrogens is 383 g/mol. The van der Waals surface area contributed by atoms with Gasteiger partial charge in [-0.15, -0.1) is 18.2 Å². The fourth-order valence-corrected chi connectivity index (χ4v) is 1.95. The number of hydrogen-bond donors (Lipinski definition) is 1. The molecule has 0 bridgehead atoms. The van der Waals surface area contributed by atoms with Gasteiger partial charge in [-0.1, -0.05) is 81.7 Å². The van der Waals surface area contributed by atoms with E-state index in [4.69, 9.17) is 23.8 Å². The van der Waals surface area contributed by atoms with Crippen LogP contribution in [-0.2, 0) is 0 Å². The van der Waals surface area contributed by atoms with Gasteiger partial charge < -0.3 is 0 Å². The highest BCUT2D eigenvalue weighted by Gasteiger charge is 2.00. The molecule has 0 saturated carbocycles. The van der Waals surface area contributed by atoms with Gasteiger partial charge in [-0.05, 0) is 31.9 Å². The van der Waals surface area contributed by atoms with Crippen molar-refractivity contribution in [3.05, 3.63) is 59.8 Å². The van der Waals surface area contributed by atoms with Gasteiger partial charge in [-0.3, -0.25) is 10.4 Å². The molecule has 0 aliphatic carbocycles. The Labute approximate surface area is 177 Å². The molecule has 0 amide bonds. The monoisotopic (exact) mass is 418 g/mol. The first kappa shape index (κ1) is 29.7. The molecule has 0 atom stereocenters. The van der Waals surface area contributed by atoms with Crippen LogP contribution in [0.1, 0.15) is 58.9 Å². The number of hydrazine groups is 1. The second kappa shape index (κ2) is 22.0. The lowest BCUT2D eigenvalue weighted by Crippen LogP contribution is -2.34. The van der Waals surface area contributed by atoms with E-state index in [-0.39, 0.29) is 0 Å². The third-order valence-corrected chi connectivity index (χ3v) is 3.44. The number of halogens is 2. The lowest BCUT2D eigenvalue weighted by atomic mass is 10.1. The molecule has 0 aliphatic heterocycles. The van der Waals surface area contributed by atoms with E-state index >= 15 is 0 Å². The lowest BCUT2D eigenvalue weighted by molar-refractivity contribution is 0.414. The zero-order valence-corrected chi connectivity index (χ0v) is 19.6. The van der Waals surface area contributed by atoms with E-state index in [0.717, 1.165) is 5.56 Å². The summed E-state index contributed by atoms with van der Waals surface area (Å²) < 4.78 is 0. The number of rotatable bonds is 7. The van der Waals surface area contributed by atoms with Crippen molar-refractivity contribution >= 4 is 40.4 Å². The van der Waals surface area contributed by atoms with Crippen LogP contribution >= 0.6 is 35.4 Å². The smallest absolute Gasteiger partial charge is 0.125 e. The van der Waals surface area contributed by atoms with Crippen molar-refractivity contribution in [1.82, 2.24) is 10.4 Å². The molecule has 1 N–H and O–H groups in total. The lowest BCUT2D eigenvalue weighted by Gasteiger charge is -2.16. The number of nitrogens with one attached hydrogen (secondary N) is 1.